The quantitative estimate of drug-likeness (QED) is 0.939. The monoisotopic (exact) mass is 327 g/mol. The number of hydrogen-bond acceptors (Lipinski definition) is 4. The zero-order valence-electron chi connectivity index (χ0n) is 9.46. The number of halogens is 1. The van der Waals surface area contributed by atoms with Gasteiger partial charge < -0.3 is 0 Å². The van der Waals surface area contributed by atoms with Gasteiger partial charge in [0.15, 0.2) is 5.82 Å². The van der Waals surface area contributed by atoms with E-state index in [2.05, 4.69) is 30.6 Å². The number of benzene rings is 1. The van der Waals surface area contributed by atoms with Crippen molar-refractivity contribution in [2.75, 3.05) is 4.72 Å². The molecule has 0 saturated heterocycles. The Hall–Kier alpha value is -1.47. The molecule has 1 aromatic heterocycles. The van der Waals surface area contributed by atoms with Gasteiger partial charge in [-0.2, -0.15) is 0 Å². The van der Waals surface area contributed by atoms with Crippen molar-refractivity contribution in [3.05, 3.63) is 46.8 Å². The van der Waals surface area contributed by atoms with Crippen LogP contribution in [0.15, 0.2) is 46.2 Å². The van der Waals surface area contributed by atoms with Gasteiger partial charge in [-0.25, -0.2) is 13.4 Å². The molecule has 0 aliphatic rings. The zero-order valence-corrected chi connectivity index (χ0v) is 11.9. The normalized spacial score (nSPS) is 11.2. The summed E-state index contributed by atoms with van der Waals surface area (Å²) in [5.74, 6) is 0.192. The summed E-state index contributed by atoms with van der Waals surface area (Å²) >= 11 is 3.30. The molecule has 0 radical (unpaired) electrons. The van der Waals surface area contributed by atoms with Crippen molar-refractivity contribution < 1.29 is 8.42 Å². The second kappa shape index (κ2) is 5.03. The minimum Gasteiger partial charge on any atom is -0.262 e. The third-order valence-corrected chi connectivity index (χ3v) is 4.67. The van der Waals surface area contributed by atoms with E-state index in [0.29, 0.717) is 5.56 Å². The average molecular weight is 328 g/mol. The largest absolute Gasteiger partial charge is 0.263 e. The van der Waals surface area contributed by atoms with E-state index in [1.165, 1.54) is 18.6 Å². The molecule has 18 heavy (non-hydrogen) atoms. The summed E-state index contributed by atoms with van der Waals surface area (Å²) in [6.45, 7) is 1.73. The van der Waals surface area contributed by atoms with Gasteiger partial charge in [0.1, 0.15) is 0 Å². The molecular weight excluding hydrogens is 318 g/mol. The van der Waals surface area contributed by atoms with Crippen molar-refractivity contribution in [2.24, 2.45) is 0 Å². The molecule has 0 fully saturated rings. The van der Waals surface area contributed by atoms with Crippen LogP contribution in [0.4, 0.5) is 5.82 Å². The van der Waals surface area contributed by atoms with Crippen molar-refractivity contribution in [1.29, 1.82) is 0 Å². The summed E-state index contributed by atoms with van der Waals surface area (Å²) in [4.78, 5) is 7.89. The molecule has 7 heteroatoms. The third-order valence-electron chi connectivity index (χ3n) is 2.31. The van der Waals surface area contributed by atoms with Crippen LogP contribution in [0.2, 0.25) is 0 Å². The Morgan fingerprint density at radius 1 is 1.28 bits per heavy atom. The fourth-order valence-electron chi connectivity index (χ4n) is 1.42. The number of hydrogen-bond donors (Lipinski definition) is 1. The van der Waals surface area contributed by atoms with Crippen molar-refractivity contribution >= 4 is 31.8 Å². The first-order valence-corrected chi connectivity index (χ1v) is 7.32. The molecular formula is C11H10BrN3O2S. The van der Waals surface area contributed by atoms with Crippen molar-refractivity contribution in [1.82, 2.24) is 9.97 Å². The fourth-order valence-corrected chi connectivity index (χ4v) is 3.18. The number of anilines is 1. The molecule has 0 amide bonds. The van der Waals surface area contributed by atoms with Gasteiger partial charge in [-0.05, 0) is 24.6 Å². The minimum atomic E-state index is -3.65. The van der Waals surface area contributed by atoms with E-state index in [4.69, 9.17) is 0 Å². The lowest BCUT2D eigenvalue weighted by atomic mass is 10.2. The highest BCUT2D eigenvalue weighted by atomic mass is 79.9. The van der Waals surface area contributed by atoms with Gasteiger partial charge in [0.25, 0.3) is 10.0 Å². The van der Waals surface area contributed by atoms with E-state index in [1.54, 1.807) is 25.1 Å². The highest BCUT2D eigenvalue weighted by molar-refractivity contribution is 9.10. The van der Waals surface area contributed by atoms with Crippen molar-refractivity contribution in [3.63, 3.8) is 0 Å². The predicted molar refractivity (Wildman–Crippen MR) is 71.7 cm³/mol. The molecule has 0 spiro atoms. The van der Waals surface area contributed by atoms with E-state index >= 15 is 0 Å². The summed E-state index contributed by atoms with van der Waals surface area (Å²) in [5.41, 5.74) is 0.647. The SMILES string of the molecule is Cc1c(Br)cccc1S(=O)(=O)Nc1cnccn1. The summed E-state index contributed by atoms with van der Waals surface area (Å²) in [6, 6.07) is 5.00. The lowest BCUT2D eigenvalue weighted by Gasteiger charge is -2.10. The molecule has 0 bridgehead atoms. The predicted octanol–water partition coefficient (Wildman–Crippen LogP) is 2.35. The van der Waals surface area contributed by atoms with E-state index in [0.717, 1.165) is 4.47 Å². The van der Waals surface area contributed by atoms with Crippen LogP contribution in [-0.2, 0) is 10.0 Å². The van der Waals surface area contributed by atoms with Gasteiger partial charge in [0.2, 0.25) is 0 Å². The Balaban J connectivity index is 2.41. The minimum absolute atomic E-state index is 0.192. The second-order valence-corrected chi connectivity index (χ2v) is 6.06. The van der Waals surface area contributed by atoms with Gasteiger partial charge in [-0.3, -0.25) is 9.71 Å². The fraction of sp³-hybridized carbons (Fsp3) is 0.0909. The number of sulfonamides is 1. The molecule has 0 unspecified atom stereocenters. The summed E-state index contributed by atoms with van der Waals surface area (Å²) in [6.07, 6.45) is 4.25. The van der Waals surface area contributed by atoms with Gasteiger partial charge in [-0.15, -0.1) is 0 Å². The van der Waals surface area contributed by atoms with Gasteiger partial charge in [0, 0.05) is 16.9 Å². The van der Waals surface area contributed by atoms with Crippen LogP contribution in [-0.4, -0.2) is 18.4 Å². The lowest BCUT2D eigenvalue weighted by molar-refractivity contribution is 0.600. The molecule has 1 heterocycles. The first kappa shape index (κ1) is 13.0. The standard InChI is InChI=1S/C11H10BrN3O2S/c1-8-9(12)3-2-4-10(8)18(16,17)15-11-7-13-5-6-14-11/h2-7H,1H3,(H,14,15). The summed E-state index contributed by atoms with van der Waals surface area (Å²) in [5, 5.41) is 0. The van der Waals surface area contributed by atoms with Crippen molar-refractivity contribution in [3.8, 4) is 0 Å². The summed E-state index contributed by atoms with van der Waals surface area (Å²) in [7, 11) is -3.65. The van der Waals surface area contributed by atoms with Gasteiger partial charge in [0.05, 0.1) is 11.1 Å². The van der Waals surface area contributed by atoms with Crippen LogP contribution < -0.4 is 4.72 Å². The second-order valence-electron chi connectivity index (χ2n) is 3.56. The van der Waals surface area contributed by atoms with E-state index in [1.807, 2.05) is 0 Å². The number of rotatable bonds is 3. The third kappa shape index (κ3) is 2.68. The van der Waals surface area contributed by atoms with Crippen LogP contribution >= 0.6 is 15.9 Å². The van der Waals surface area contributed by atoms with Crippen LogP contribution in [0.5, 0.6) is 0 Å². The number of nitrogens with zero attached hydrogens (tertiary/aromatic N) is 2. The molecule has 5 nitrogen and oxygen atoms in total. The maximum absolute atomic E-state index is 12.2. The highest BCUT2D eigenvalue weighted by Gasteiger charge is 2.18. The van der Waals surface area contributed by atoms with E-state index in [9.17, 15) is 8.42 Å². The molecule has 2 aromatic rings. The average Bonchev–Trinajstić information content (AvgIpc) is 2.33. The number of aromatic nitrogens is 2. The Morgan fingerprint density at radius 2 is 2.06 bits per heavy atom. The maximum atomic E-state index is 12.2. The van der Waals surface area contributed by atoms with Crippen molar-refractivity contribution in [2.45, 2.75) is 11.8 Å². The van der Waals surface area contributed by atoms with Gasteiger partial charge >= 0.3 is 0 Å². The zero-order chi connectivity index (χ0) is 13.2. The molecule has 0 saturated carbocycles. The molecule has 0 aliphatic heterocycles. The smallest absolute Gasteiger partial charge is 0.262 e. The molecule has 0 atom stereocenters. The maximum Gasteiger partial charge on any atom is 0.263 e. The lowest BCUT2D eigenvalue weighted by Crippen LogP contribution is -2.15. The highest BCUT2D eigenvalue weighted by Crippen LogP contribution is 2.24. The Morgan fingerprint density at radius 3 is 2.72 bits per heavy atom. The molecule has 2 rings (SSSR count). The van der Waals surface area contributed by atoms with E-state index in [-0.39, 0.29) is 10.7 Å². The van der Waals surface area contributed by atoms with Crippen LogP contribution in [0.3, 0.4) is 0 Å². The van der Waals surface area contributed by atoms with Crippen LogP contribution in [0.25, 0.3) is 0 Å². The van der Waals surface area contributed by atoms with Crippen LogP contribution in [0.1, 0.15) is 5.56 Å². The first-order chi connectivity index (χ1) is 8.50. The molecule has 1 N–H and O–H groups in total. The molecule has 1 aromatic carbocycles. The first-order valence-electron chi connectivity index (χ1n) is 5.04. The molecule has 94 valence electrons. The van der Waals surface area contributed by atoms with Crippen LogP contribution in [0, 0.1) is 6.92 Å². The molecule has 0 aliphatic carbocycles. The Bertz CT molecular complexity index is 659. The Labute approximate surface area is 113 Å². The Kier molecular flexibility index (Phi) is 3.63. The van der Waals surface area contributed by atoms with Gasteiger partial charge in [-0.1, -0.05) is 22.0 Å². The summed E-state index contributed by atoms with van der Waals surface area (Å²) < 4.78 is 27.5. The van der Waals surface area contributed by atoms with E-state index < -0.39 is 10.0 Å². The topological polar surface area (TPSA) is 72.0 Å². The number of nitrogens with one attached hydrogen (secondary N) is 1.